The van der Waals surface area contributed by atoms with Crippen LogP contribution in [0.15, 0.2) is 21.9 Å². The Labute approximate surface area is 319 Å². The Balaban J connectivity index is 1.23. The monoisotopic (exact) mass is 784 g/mol. The summed E-state index contributed by atoms with van der Waals surface area (Å²) < 4.78 is 24.3. The molecule has 0 saturated carbocycles. The molecule has 4 fully saturated rings. The van der Waals surface area contributed by atoms with Gasteiger partial charge in [-0.25, -0.2) is 4.79 Å². The molecule has 5 heterocycles. The van der Waals surface area contributed by atoms with Gasteiger partial charge in [0.2, 0.25) is 0 Å². The summed E-state index contributed by atoms with van der Waals surface area (Å²) in [6.45, 7) is 1.68. The van der Waals surface area contributed by atoms with Crippen molar-refractivity contribution in [2.24, 2.45) is 0 Å². The molecule has 4 bridgehead atoms. The average molecular weight is 785 g/mol. The van der Waals surface area contributed by atoms with Crippen LogP contribution in [0.5, 0.6) is 0 Å². The van der Waals surface area contributed by atoms with E-state index in [1.165, 1.54) is 62.7 Å². The Bertz CT molecular complexity index is 1490. The highest BCUT2D eigenvalue weighted by atomic mass is 16.7. The molecule has 1 unspecified atom stereocenters. The number of H-pyrrole nitrogens is 1. The van der Waals surface area contributed by atoms with Crippen LogP contribution in [-0.2, 0) is 28.5 Å². The molecule has 5 rings (SSSR count). The van der Waals surface area contributed by atoms with Crippen molar-refractivity contribution in [1.82, 2.24) is 19.8 Å². The van der Waals surface area contributed by atoms with E-state index in [9.17, 15) is 49.8 Å². The summed E-state index contributed by atoms with van der Waals surface area (Å²) in [4.78, 5) is 53.7. The second-order valence-corrected chi connectivity index (χ2v) is 15.4. The third-order valence-corrected chi connectivity index (χ3v) is 11.3. The van der Waals surface area contributed by atoms with Gasteiger partial charge < -0.3 is 54.9 Å². The van der Waals surface area contributed by atoms with Gasteiger partial charge in [-0.3, -0.25) is 28.8 Å². The van der Waals surface area contributed by atoms with Crippen LogP contribution >= 0.6 is 0 Å². The van der Waals surface area contributed by atoms with Crippen molar-refractivity contribution >= 4 is 11.9 Å². The molecule has 4 saturated heterocycles. The van der Waals surface area contributed by atoms with Crippen molar-refractivity contribution in [3.05, 3.63) is 33.1 Å². The molecular formula is C37H60N4O14. The van der Waals surface area contributed by atoms with Crippen molar-refractivity contribution in [2.75, 3.05) is 19.6 Å². The molecule has 18 heteroatoms. The molecule has 0 aliphatic carbocycles. The Morgan fingerprint density at radius 3 is 2.05 bits per heavy atom. The molecule has 0 aromatic carbocycles. The first-order valence-electron chi connectivity index (χ1n) is 20.0. The number of piperidine rings is 1. The summed E-state index contributed by atoms with van der Waals surface area (Å²) in [6, 6.07) is -1.61. The minimum atomic E-state index is -1.86. The largest absolute Gasteiger partial charge is 0.480 e. The number of aliphatic hydroxyl groups is 5. The fourth-order valence-electron chi connectivity index (χ4n) is 8.18. The predicted molar refractivity (Wildman–Crippen MR) is 194 cm³/mol. The molecule has 8 N–H and O–H groups in total. The molecule has 1 aromatic rings. The lowest BCUT2D eigenvalue weighted by Gasteiger charge is -2.46. The Kier molecular flexibility index (Phi) is 16.2. The third kappa shape index (κ3) is 11.0. The lowest BCUT2D eigenvalue weighted by Crippen LogP contribution is -2.68. The molecule has 0 radical (unpaired) electrons. The van der Waals surface area contributed by atoms with Gasteiger partial charge >= 0.3 is 17.6 Å². The number of esters is 1. The highest BCUT2D eigenvalue weighted by molar-refractivity contribution is 5.74. The zero-order chi connectivity index (χ0) is 39.6. The van der Waals surface area contributed by atoms with Crippen molar-refractivity contribution in [3.63, 3.8) is 0 Å². The molecular weight excluding hydrogens is 724 g/mol. The summed E-state index contributed by atoms with van der Waals surface area (Å²) in [5.41, 5.74) is -1.69. The van der Waals surface area contributed by atoms with Crippen molar-refractivity contribution in [2.45, 2.75) is 176 Å². The zero-order valence-corrected chi connectivity index (χ0v) is 31.5. The number of nitrogens with one attached hydrogen (secondary N) is 2. The number of carbonyl (C=O) groups excluding carboxylic acids is 1. The molecule has 14 atom stereocenters. The number of carbonyl (C=O) groups is 2. The van der Waals surface area contributed by atoms with Crippen molar-refractivity contribution in [3.8, 4) is 0 Å². The fraction of sp³-hybridized carbons (Fsp3) is 0.838. The summed E-state index contributed by atoms with van der Waals surface area (Å²) in [5, 5.41) is 69.0. The number of unbranched alkanes of at least 4 members (excludes halogenated alkanes) is 12. The number of fused-ring (bicyclic) bond motifs is 4. The third-order valence-electron chi connectivity index (χ3n) is 11.3. The number of carboxylic acid groups (broad SMARTS) is 1. The van der Waals surface area contributed by atoms with Gasteiger partial charge in [0.15, 0.2) is 12.5 Å². The average Bonchev–Trinajstić information content (AvgIpc) is 3.57. The number of aromatic amines is 1. The van der Waals surface area contributed by atoms with Gasteiger partial charge in [-0.15, -0.1) is 0 Å². The van der Waals surface area contributed by atoms with Gasteiger partial charge in [-0.1, -0.05) is 84.0 Å². The summed E-state index contributed by atoms with van der Waals surface area (Å²) >= 11 is 0. The molecule has 312 valence electrons. The number of aliphatic hydroxyl groups excluding tert-OH is 5. The lowest BCUT2D eigenvalue weighted by molar-refractivity contribution is -0.237. The van der Waals surface area contributed by atoms with Gasteiger partial charge in [-0.05, 0) is 6.42 Å². The SMILES string of the molecule is CCCCCCCCCCCCCCCC(=O)O[C@@H]1[C@@H]2CN(C[C@@H]1O)[C@H](C(=O)O)[C@@H]([C@H]1O[C@@H](n3ccc(=O)[nH]c3=O)[C@H](O)[C@@H]1O)O[C@@H]1O[C@H](CN2)[C@@H](O)[C@H]1O. The number of hydrogen-bond donors (Lipinski definition) is 8. The number of aliphatic carboxylic acids is 1. The van der Waals surface area contributed by atoms with Crippen LogP contribution in [0.4, 0.5) is 0 Å². The first-order chi connectivity index (χ1) is 26.4. The predicted octanol–water partition coefficient (Wildman–Crippen LogP) is -0.518. The normalized spacial score (nSPS) is 36.3. The number of nitrogens with zero attached hydrogens (tertiary/aromatic N) is 2. The Hall–Kier alpha value is -2.78. The summed E-state index contributed by atoms with van der Waals surface area (Å²) in [6.07, 6.45) is -0.835. The van der Waals surface area contributed by atoms with Crippen molar-refractivity contribution in [1.29, 1.82) is 0 Å². The van der Waals surface area contributed by atoms with Gasteiger partial charge in [-0.2, -0.15) is 0 Å². The van der Waals surface area contributed by atoms with Gasteiger partial charge in [0.05, 0.1) is 6.04 Å². The summed E-state index contributed by atoms with van der Waals surface area (Å²) in [7, 11) is 0. The standard InChI is InChI=1S/C37H60N4O14/c1-2-3-4-5-6-7-8-9-10-11-12-13-14-15-25(44)53-31-21-19-40(20-22(31)42)26(35(49)50)32(55-36-30(48)27(45)23(52-36)18-38-21)33-28(46)29(47)34(54-33)41-17-16-24(43)39-37(41)51/h16-17,21-23,26-34,36,38,42,45-48H,2-15,18-20H2,1H3,(H,49,50)(H,39,43,51)/t21-,22-,23+,26-,27+,28-,29+,30+,31+,32-,33-,34+,36-/m0/s1. The lowest BCUT2D eigenvalue weighted by atomic mass is 9.92. The van der Waals surface area contributed by atoms with Crippen LogP contribution in [0.2, 0.25) is 0 Å². The number of ether oxygens (including phenoxy) is 4. The van der Waals surface area contributed by atoms with Crippen LogP contribution in [0.25, 0.3) is 0 Å². The molecule has 4 aliphatic rings. The van der Waals surface area contributed by atoms with Crippen LogP contribution in [-0.4, -0.2) is 150 Å². The van der Waals surface area contributed by atoms with E-state index in [2.05, 4.69) is 12.2 Å². The van der Waals surface area contributed by atoms with Crippen LogP contribution in [0.3, 0.4) is 0 Å². The molecule has 4 aliphatic heterocycles. The van der Waals surface area contributed by atoms with Crippen LogP contribution < -0.4 is 16.6 Å². The van der Waals surface area contributed by atoms with E-state index in [4.69, 9.17) is 18.9 Å². The van der Waals surface area contributed by atoms with E-state index in [0.717, 1.165) is 36.1 Å². The van der Waals surface area contributed by atoms with E-state index in [-0.39, 0.29) is 26.1 Å². The van der Waals surface area contributed by atoms with E-state index < -0.39 is 103 Å². The Morgan fingerprint density at radius 1 is 0.800 bits per heavy atom. The molecule has 18 nitrogen and oxygen atoms in total. The second-order valence-electron chi connectivity index (χ2n) is 15.4. The number of aromatic nitrogens is 2. The van der Waals surface area contributed by atoms with Crippen LogP contribution in [0, 0.1) is 0 Å². The first-order valence-corrected chi connectivity index (χ1v) is 20.0. The first kappa shape index (κ1) is 43.3. The molecule has 0 amide bonds. The number of carboxylic acids is 1. The van der Waals surface area contributed by atoms with E-state index in [1.807, 2.05) is 4.98 Å². The second kappa shape index (κ2) is 20.6. The minimum Gasteiger partial charge on any atom is -0.480 e. The van der Waals surface area contributed by atoms with E-state index >= 15 is 0 Å². The molecule has 55 heavy (non-hydrogen) atoms. The Morgan fingerprint density at radius 2 is 1.44 bits per heavy atom. The van der Waals surface area contributed by atoms with Gasteiger partial charge in [0.25, 0.3) is 5.56 Å². The smallest absolute Gasteiger partial charge is 0.330 e. The topological polar surface area (TPSA) is 263 Å². The zero-order valence-electron chi connectivity index (χ0n) is 31.5. The molecule has 0 spiro atoms. The number of rotatable bonds is 18. The van der Waals surface area contributed by atoms with E-state index in [0.29, 0.717) is 6.42 Å². The summed E-state index contributed by atoms with van der Waals surface area (Å²) in [5.74, 6) is -2.01. The highest BCUT2D eigenvalue weighted by Gasteiger charge is 2.57. The van der Waals surface area contributed by atoms with Crippen LogP contribution in [0.1, 0.15) is 103 Å². The number of hydrogen-bond acceptors (Lipinski definition) is 15. The van der Waals surface area contributed by atoms with Gasteiger partial charge in [0.1, 0.15) is 61.0 Å². The maximum atomic E-state index is 13.1. The van der Waals surface area contributed by atoms with Crippen molar-refractivity contribution < 1.29 is 59.2 Å². The minimum absolute atomic E-state index is 0.100. The van der Waals surface area contributed by atoms with Gasteiger partial charge in [0, 0.05) is 38.3 Å². The maximum absolute atomic E-state index is 13.1. The fourth-order valence-corrected chi connectivity index (χ4v) is 8.18. The molecule has 1 aromatic heterocycles. The quantitative estimate of drug-likeness (QED) is 0.0688. The highest BCUT2D eigenvalue weighted by Crippen LogP contribution is 2.36. The van der Waals surface area contributed by atoms with E-state index in [1.54, 1.807) is 0 Å². The maximum Gasteiger partial charge on any atom is 0.330 e.